The van der Waals surface area contributed by atoms with E-state index >= 15 is 0 Å². The summed E-state index contributed by atoms with van der Waals surface area (Å²) < 4.78 is 44.3. The molecule has 0 amide bonds. The summed E-state index contributed by atoms with van der Waals surface area (Å²) in [5.41, 5.74) is 0.646. The summed E-state index contributed by atoms with van der Waals surface area (Å²) in [6.07, 6.45) is -4.41. The Morgan fingerprint density at radius 2 is 1.83 bits per heavy atom. The maximum absolute atomic E-state index is 12.6. The Kier molecular flexibility index (Phi) is 6.90. The number of hydrogen-bond acceptors (Lipinski definition) is 3. The van der Waals surface area contributed by atoms with E-state index in [-0.39, 0.29) is 12.4 Å². The van der Waals surface area contributed by atoms with Crippen LogP contribution in [-0.4, -0.2) is 16.4 Å². The molecule has 1 aromatic heterocycles. The molecular weight excluding hydrogens is 331 g/mol. The van der Waals surface area contributed by atoms with Gasteiger partial charge in [-0.15, -0.1) is 12.4 Å². The van der Waals surface area contributed by atoms with E-state index in [1.807, 2.05) is 31.2 Å². The number of aromatic nitrogens is 2. The first-order valence-corrected chi connectivity index (χ1v) is 6.92. The quantitative estimate of drug-likeness (QED) is 0.867. The van der Waals surface area contributed by atoms with E-state index in [0.717, 1.165) is 17.4 Å². The maximum Gasteiger partial charge on any atom is 0.435 e. The lowest BCUT2D eigenvalue weighted by Crippen LogP contribution is -2.15. The minimum Gasteiger partial charge on any atom is -0.494 e. The summed E-state index contributed by atoms with van der Waals surface area (Å²) >= 11 is 0. The van der Waals surface area contributed by atoms with Gasteiger partial charge in [0.25, 0.3) is 0 Å². The Labute approximate surface area is 139 Å². The lowest BCUT2D eigenvalue weighted by Gasteiger charge is -2.07. The van der Waals surface area contributed by atoms with Crippen molar-refractivity contribution in [2.24, 2.45) is 7.05 Å². The Morgan fingerprint density at radius 3 is 2.35 bits per heavy atom. The molecule has 1 N–H and O–H groups in total. The Bertz CT molecular complexity index is 611. The van der Waals surface area contributed by atoms with Crippen molar-refractivity contribution < 1.29 is 17.9 Å². The van der Waals surface area contributed by atoms with Gasteiger partial charge in [0.2, 0.25) is 0 Å². The third-order valence-corrected chi connectivity index (χ3v) is 3.14. The van der Waals surface area contributed by atoms with Crippen molar-refractivity contribution in [2.75, 3.05) is 6.61 Å². The molecular formula is C15H19ClF3N3O. The number of aryl methyl sites for hydroxylation is 1. The third kappa shape index (κ3) is 5.44. The van der Waals surface area contributed by atoms with Crippen LogP contribution in [0.1, 0.15) is 23.9 Å². The number of nitrogens with one attached hydrogen (secondary N) is 1. The van der Waals surface area contributed by atoms with Gasteiger partial charge in [-0.25, -0.2) is 0 Å². The second-order valence-corrected chi connectivity index (χ2v) is 4.82. The number of benzene rings is 1. The van der Waals surface area contributed by atoms with Crippen molar-refractivity contribution in [1.82, 2.24) is 15.1 Å². The molecule has 0 saturated carbocycles. The second-order valence-electron chi connectivity index (χ2n) is 4.82. The van der Waals surface area contributed by atoms with Crippen LogP contribution in [0.4, 0.5) is 13.2 Å². The summed E-state index contributed by atoms with van der Waals surface area (Å²) in [5.74, 6) is 0.799. The molecule has 0 atom stereocenters. The summed E-state index contributed by atoms with van der Waals surface area (Å²) in [5, 5.41) is 6.58. The fourth-order valence-corrected chi connectivity index (χ4v) is 2.02. The van der Waals surface area contributed by atoms with Crippen molar-refractivity contribution >= 4 is 12.4 Å². The molecule has 0 spiro atoms. The number of ether oxygens (including phenoxy) is 1. The highest BCUT2D eigenvalue weighted by Crippen LogP contribution is 2.28. The monoisotopic (exact) mass is 349 g/mol. The normalized spacial score (nSPS) is 11.2. The van der Waals surface area contributed by atoms with Crippen LogP contribution in [-0.2, 0) is 26.3 Å². The van der Waals surface area contributed by atoms with E-state index in [1.54, 1.807) is 0 Å². The molecule has 0 aliphatic heterocycles. The Hall–Kier alpha value is -1.73. The first-order chi connectivity index (χ1) is 10.4. The van der Waals surface area contributed by atoms with E-state index in [1.165, 1.54) is 11.7 Å². The lowest BCUT2D eigenvalue weighted by atomic mass is 10.2. The molecule has 0 bridgehead atoms. The topological polar surface area (TPSA) is 39.1 Å². The minimum absolute atomic E-state index is 0. The van der Waals surface area contributed by atoms with Gasteiger partial charge in [0.05, 0.1) is 12.3 Å². The van der Waals surface area contributed by atoms with Crippen LogP contribution in [0.2, 0.25) is 0 Å². The standard InChI is InChI=1S/C15H18F3N3O.ClH/c1-3-22-13-6-4-11(5-7-13)9-19-10-12-8-14(15(16,17)18)20-21(12)2;/h4-8,19H,3,9-10H2,1-2H3;1H. The molecule has 2 rings (SSSR count). The van der Waals surface area contributed by atoms with Gasteiger partial charge >= 0.3 is 6.18 Å². The molecule has 2 aromatic rings. The largest absolute Gasteiger partial charge is 0.494 e. The average molecular weight is 350 g/mol. The zero-order chi connectivity index (χ0) is 16.2. The first-order valence-electron chi connectivity index (χ1n) is 6.92. The molecule has 1 aromatic carbocycles. The Balaban J connectivity index is 0.00000264. The van der Waals surface area contributed by atoms with E-state index < -0.39 is 11.9 Å². The summed E-state index contributed by atoms with van der Waals surface area (Å²) in [6, 6.07) is 8.63. The van der Waals surface area contributed by atoms with Gasteiger partial charge in [-0.1, -0.05) is 12.1 Å². The van der Waals surface area contributed by atoms with Crippen LogP contribution in [0, 0.1) is 0 Å². The molecule has 0 saturated heterocycles. The molecule has 4 nitrogen and oxygen atoms in total. The van der Waals surface area contributed by atoms with Gasteiger partial charge < -0.3 is 10.1 Å². The molecule has 0 unspecified atom stereocenters. The summed E-state index contributed by atoms with van der Waals surface area (Å²) in [6.45, 7) is 3.39. The van der Waals surface area contributed by atoms with E-state index in [4.69, 9.17) is 4.74 Å². The molecule has 0 radical (unpaired) electrons. The van der Waals surface area contributed by atoms with E-state index in [9.17, 15) is 13.2 Å². The van der Waals surface area contributed by atoms with Crippen molar-refractivity contribution in [3.05, 3.63) is 47.3 Å². The van der Waals surface area contributed by atoms with Gasteiger partial charge in [-0.3, -0.25) is 4.68 Å². The third-order valence-electron chi connectivity index (χ3n) is 3.14. The highest BCUT2D eigenvalue weighted by molar-refractivity contribution is 5.85. The predicted octanol–water partition coefficient (Wildman–Crippen LogP) is 3.55. The van der Waals surface area contributed by atoms with Gasteiger partial charge in [0.1, 0.15) is 5.75 Å². The number of alkyl halides is 3. The highest BCUT2D eigenvalue weighted by atomic mass is 35.5. The van der Waals surface area contributed by atoms with Crippen molar-refractivity contribution in [3.63, 3.8) is 0 Å². The lowest BCUT2D eigenvalue weighted by molar-refractivity contribution is -0.141. The Morgan fingerprint density at radius 1 is 1.17 bits per heavy atom. The fraction of sp³-hybridized carbons (Fsp3) is 0.400. The van der Waals surface area contributed by atoms with Crippen LogP contribution in [0.3, 0.4) is 0 Å². The number of halogens is 4. The molecule has 0 fully saturated rings. The molecule has 0 aliphatic rings. The second kappa shape index (κ2) is 8.21. The number of hydrogen-bond donors (Lipinski definition) is 1. The van der Waals surface area contributed by atoms with Gasteiger partial charge in [0, 0.05) is 20.1 Å². The first kappa shape index (κ1) is 19.3. The van der Waals surface area contributed by atoms with Gasteiger partial charge in [0.15, 0.2) is 5.69 Å². The van der Waals surface area contributed by atoms with E-state index in [2.05, 4.69) is 10.4 Å². The van der Waals surface area contributed by atoms with Crippen LogP contribution in [0.5, 0.6) is 5.75 Å². The predicted molar refractivity (Wildman–Crippen MR) is 83.6 cm³/mol. The average Bonchev–Trinajstić information content (AvgIpc) is 2.83. The molecule has 0 aliphatic carbocycles. The summed E-state index contributed by atoms with van der Waals surface area (Å²) in [7, 11) is 1.50. The summed E-state index contributed by atoms with van der Waals surface area (Å²) in [4.78, 5) is 0. The van der Waals surface area contributed by atoms with Crippen LogP contribution in [0.15, 0.2) is 30.3 Å². The molecule has 23 heavy (non-hydrogen) atoms. The van der Waals surface area contributed by atoms with Crippen molar-refractivity contribution in [2.45, 2.75) is 26.2 Å². The van der Waals surface area contributed by atoms with Crippen LogP contribution < -0.4 is 10.1 Å². The maximum atomic E-state index is 12.6. The molecule has 1 heterocycles. The van der Waals surface area contributed by atoms with Crippen molar-refractivity contribution in [3.8, 4) is 5.75 Å². The molecule has 128 valence electrons. The zero-order valence-corrected chi connectivity index (χ0v) is 13.7. The highest BCUT2D eigenvalue weighted by Gasteiger charge is 2.34. The number of nitrogens with zero attached hydrogens (tertiary/aromatic N) is 2. The molecule has 8 heteroatoms. The van der Waals surface area contributed by atoms with E-state index in [0.29, 0.717) is 25.4 Å². The van der Waals surface area contributed by atoms with Crippen LogP contribution in [0.25, 0.3) is 0 Å². The van der Waals surface area contributed by atoms with Crippen LogP contribution >= 0.6 is 12.4 Å². The smallest absolute Gasteiger partial charge is 0.435 e. The van der Waals surface area contributed by atoms with Crippen molar-refractivity contribution in [1.29, 1.82) is 0 Å². The van der Waals surface area contributed by atoms with Gasteiger partial charge in [-0.2, -0.15) is 18.3 Å². The zero-order valence-electron chi connectivity index (χ0n) is 12.9. The fourth-order valence-electron chi connectivity index (χ4n) is 2.02. The minimum atomic E-state index is -4.41. The SMILES string of the molecule is CCOc1ccc(CNCc2cc(C(F)(F)F)nn2C)cc1.Cl. The van der Waals surface area contributed by atoms with Gasteiger partial charge in [-0.05, 0) is 30.7 Å². The number of rotatable bonds is 6.